The number of alkyl halides is 3. The van der Waals surface area contributed by atoms with E-state index < -0.39 is 34.0 Å². The van der Waals surface area contributed by atoms with E-state index in [0.717, 1.165) is 6.26 Å². The summed E-state index contributed by atoms with van der Waals surface area (Å²) in [7, 11) is -3.34. The van der Waals surface area contributed by atoms with Crippen molar-refractivity contribution in [1.82, 2.24) is 10.6 Å². The van der Waals surface area contributed by atoms with E-state index in [1.54, 1.807) is 24.3 Å². The summed E-state index contributed by atoms with van der Waals surface area (Å²) in [5.74, 6) is -0.511. The molecule has 1 amide bonds. The smallest absolute Gasteiger partial charge is 0.351 e. The lowest BCUT2D eigenvalue weighted by molar-refractivity contribution is -0.161. The number of amides is 1. The van der Waals surface area contributed by atoms with Gasteiger partial charge in [0.25, 0.3) is 0 Å². The van der Waals surface area contributed by atoms with Crippen LogP contribution in [-0.4, -0.2) is 39.3 Å². The minimum absolute atomic E-state index is 0.00291. The van der Waals surface area contributed by atoms with E-state index in [2.05, 4.69) is 17.2 Å². The molecular formula is C24H29F3N2O3S. The highest BCUT2D eigenvalue weighted by atomic mass is 32.2. The molecule has 0 aliphatic heterocycles. The molecule has 2 N–H and O–H groups in total. The van der Waals surface area contributed by atoms with E-state index in [-0.39, 0.29) is 29.3 Å². The van der Waals surface area contributed by atoms with Crippen LogP contribution in [0, 0.1) is 5.92 Å². The summed E-state index contributed by atoms with van der Waals surface area (Å²) < 4.78 is 65.0. The van der Waals surface area contributed by atoms with Crippen LogP contribution < -0.4 is 10.6 Å². The Labute approximate surface area is 193 Å². The lowest BCUT2D eigenvalue weighted by Gasteiger charge is -2.28. The Morgan fingerprint density at radius 3 is 1.97 bits per heavy atom. The Morgan fingerprint density at radius 2 is 1.55 bits per heavy atom. The third kappa shape index (κ3) is 7.71. The summed E-state index contributed by atoms with van der Waals surface area (Å²) in [4.78, 5) is 12.6. The normalized spacial score (nSPS) is 14.0. The molecule has 0 heterocycles. The fraction of sp³-hybridized carbons (Fsp3) is 0.375. The Kier molecular flexibility index (Phi) is 8.85. The molecule has 0 radical (unpaired) electrons. The van der Waals surface area contributed by atoms with Crippen molar-refractivity contribution in [2.24, 2.45) is 5.92 Å². The van der Waals surface area contributed by atoms with Gasteiger partial charge >= 0.3 is 6.18 Å². The SMILES string of the molecule is C=CCNC(=O)[C@H](CC(C)C)N[C@@H](c1ccc(-c2ccc(S(C)(=O)=O)cc2)cc1)C(F)(F)F. The van der Waals surface area contributed by atoms with Gasteiger partial charge < -0.3 is 5.32 Å². The summed E-state index contributed by atoms with van der Waals surface area (Å²) in [6.45, 7) is 7.34. The van der Waals surface area contributed by atoms with Crippen LogP contribution in [-0.2, 0) is 14.6 Å². The van der Waals surface area contributed by atoms with Crippen LogP contribution in [0.1, 0.15) is 31.9 Å². The summed E-state index contributed by atoms with van der Waals surface area (Å²) in [6.07, 6.45) is -1.81. The van der Waals surface area contributed by atoms with E-state index in [1.165, 1.54) is 30.3 Å². The molecule has 0 aromatic heterocycles. The van der Waals surface area contributed by atoms with Crippen LogP contribution in [0.15, 0.2) is 66.1 Å². The predicted octanol–water partition coefficient (Wildman–Crippen LogP) is 4.67. The molecule has 0 saturated carbocycles. The number of hydrogen-bond donors (Lipinski definition) is 2. The van der Waals surface area contributed by atoms with Gasteiger partial charge in [0.2, 0.25) is 5.91 Å². The molecule has 0 unspecified atom stereocenters. The molecule has 5 nitrogen and oxygen atoms in total. The number of sulfone groups is 1. The van der Waals surface area contributed by atoms with Crippen molar-refractivity contribution >= 4 is 15.7 Å². The van der Waals surface area contributed by atoms with E-state index >= 15 is 0 Å². The van der Waals surface area contributed by atoms with Crippen LogP contribution >= 0.6 is 0 Å². The maximum absolute atomic E-state index is 13.9. The van der Waals surface area contributed by atoms with Gasteiger partial charge in [0.15, 0.2) is 9.84 Å². The second-order valence-corrected chi connectivity index (χ2v) is 10.3. The molecule has 2 aromatic rings. The Bertz CT molecular complexity index is 1050. The van der Waals surface area contributed by atoms with Crippen LogP contribution in [0.4, 0.5) is 13.2 Å². The lowest BCUT2D eigenvalue weighted by atomic mass is 9.97. The number of carbonyl (C=O) groups is 1. The third-order valence-electron chi connectivity index (χ3n) is 5.00. The monoisotopic (exact) mass is 482 g/mol. The molecule has 9 heteroatoms. The second kappa shape index (κ2) is 11.0. The van der Waals surface area contributed by atoms with Gasteiger partial charge in [-0.2, -0.15) is 13.2 Å². The third-order valence-corrected chi connectivity index (χ3v) is 6.13. The highest BCUT2D eigenvalue weighted by molar-refractivity contribution is 7.90. The molecule has 0 bridgehead atoms. The molecular weight excluding hydrogens is 453 g/mol. The lowest BCUT2D eigenvalue weighted by Crippen LogP contribution is -2.49. The predicted molar refractivity (Wildman–Crippen MR) is 123 cm³/mol. The number of carbonyl (C=O) groups excluding carboxylic acids is 1. The molecule has 0 spiro atoms. The van der Waals surface area contributed by atoms with Crippen LogP contribution in [0.2, 0.25) is 0 Å². The number of nitrogens with one attached hydrogen (secondary N) is 2. The van der Waals surface area contributed by atoms with Crippen LogP contribution in [0.5, 0.6) is 0 Å². The van der Waals surface area contributed by atoms with Crippen molar-refractivity contribution < 1.29 is 26.4 Å². The van der Waals surface area contributed by atoms with E-state index in [0.29, 0.717) is 11.1 Å². The highest BCUT2D eigenvalue weighted by Crippen LogP contribution is 2.34. The largest absolute Gasteiger partial charge is 0.407 e. The fourth-order valence-electron chi connectivity index (χ4n) is 3.36. The Hall–Kier alpha value is -2.65. The molecule has 0 saturated heterocycles. The highest BCUT2D eigenvalue weighted by Gasteiger charge is 2.42. The number of benzene rings is 2. The first-order valence-corrected chi connectivity index (χ1v) is 12.3. The minimum Gasteiger partial charge on any atom is -0.351 e. The molecule has 2 atom stereocenters. The molecule has 2 aromatic carbocycles. The first kappa shape index (κ1) is 26.6. The van der Waals surface area contributed by atoms with Gasteiger partial charge in [0, 0.05) is 12.8 Å². The summed E-state index contributed by atoms with van der Waals surface area (Å²) >= 11 is 0. The van der Waals surface area contributed by atoms with Gasteiger partial charge in [-0.05, 0) is 41.2 Å². The minimum atomic E-state index is -4.62. The number of rotatable bonds is 10. The zero-order chi connectivity index (χ0) is 24.8. The first-order valence-electron chi connectivity index (χ1n) is 10.4. The number of halogens is 3. The molecule has 33 heavy (non-hydrogen) atoms. The Morgan fingerprint density at radius 1 is 1.03 bits per heavy atom. The first-order chi connectivity index (χ1) is 15.3. The summed E-state index contributed by atoms with van der Waals surface area (Å²) in [6, 6.07) is 8.87. The van der Waals surface area contributed by atoms with E-state index in [9.17, 15) is 26.4 Å². The van der Waals surface area contributed by atoms with Gasteiger partial charge in [0.1, 0.15) is 6.04 Å². The van der Waals surface area contributed by atoms with E-state index in [1.807, 2.05) is 13.8 Å². The summed E-state index contributed by atoms with van der Waals surface area (Å²) in [5, 5.41) is 5.06. The molecule has 2 rings (SSSR count). The van der Waals surface area contributed by atoms with Crippen molar-refractivity contribution in [1.29, 1.82) is 0 Å². The van der Waals surface area contributed by atoms with Gasteiger partial charge in [-0.3, -0.25) is 10.1 Å². The van der Waals surface area contributed by atoms with Crippen molar-refractivity contribution in [2.45, 2.75) is 43.4 Å². The quantitative estimate of drug-likeness (QED) is 0.483. The molecule has 0 aliphatic rings. The zero-order valence-corrected chi connectivity index (χ0v) is 19.6. The van der Waals surface area contributed by atoms with E-state index in [4.69, 9.17) is 0 Å². The molecule has 0 aliphatic carbocycles. The van der Waals surface area contributed by atoms with Crippen molar-refractivity contribution in [3.05, 3.63) is 66.7 Å². The fourth-order valence-corrected chi connectivity index (χ4v) is 3.99. The molecule has 0 fully saturated rings. The maximum Gasteiger partial charge on any atom is 0.407 e. The van der Waals surface area contributed by atoms with Gasteiger partial charge in [0.05, 0.1) is 10.9 Å². The van der Waals surface area contributed by atoms with Crippen LogP contribution in [0.3, 0.4) is 0 Å². The van der Waals surface area contributed by atoms with Gasteiger partial charge in [-0.25, -0.2) is 8.42 Å². The second-order valence-electron chi connectivity index (χ2n) is 8.28. The zero-order valence-electron chi connectivity index (χ0n) is 18.8. The average Bonchev–Trinajstić information content (AvgIpc) is 2.73. The van der Waals surface area contributed by atoms with Crippen molar-refractivity contribution in [2.75, 3.05) is 12.8 Å². The van der Waals surface area contributed by atoms with Crippen molar-refractivity contribution in [3.63, 3.8) is 0 Å². The standard InChI is InChI=1S/C24H29F3N2O3S/c1-5-14-28-23(30)21(15-16(2)3)29-22(24(25,26)27)19-8-6-17(7-9-19)18-10-12-20(13-11-18)33(4,31)32/h5-13,16,21-22,29H,1,14-15H2,2-4H3,(H,28,30)/t21-,22-/m0/s1. The maximum atomic E-state index is 13.9. The van der Waals surface area contributed by atoms with Crippen LogP contribution in [0.25, 0.3) is 11.1 Å². The summed E-state index contributed by atoms with van der Waals surface area (Å²) in [5.41, 5.74) is 1.29. The Balaban J connectivity index is 2.30. The topological polar surface area (TPSA) is 75.3 Å². The van der Waals surface area contributed by atoms with Gasteiger partial charge in [-0.1, -0.05) is 56.3 Å². The molecule has 180 valence electrons. The van der Waals surface area contributed by atoms with Gasteiger partial charge in [-0.15, -0.1) is 6.58 Å². The average molecular weight is 483 g/mol. The van der Waals surface area contributed by atoms with Crippen molar-refractivity contribution in [3.8, 4) is 11.1 Å². The number of hydrogen-bond acceptors (Lipinski definition) is 4.